The van der Waals surface area contributed by atoms with E-state index in [2.05, 4.69) is 64.1 Å². The molecule has 0 saturated carbocycles. The Morgan fingerprint density at radius 3 is 1.21 bits per heavy atom. The van der Waals surface area contributed by atoms with Crippen molar-refractivity contribution >= 4 is 0 Å². The molecule has 19 heavy (non-hydrogen) atoms. The zero-order valence-corrected chi connectivity index (χ0v) is 16.1. The third-order valence-corrected chi connectivity index (χ3v) is 2.76. The van der Waals surface area contributed by atoms with Crippen molar-refractivity contribution in [2.24, 2.45) is 0 Å². The van der Waals surface area contributed by atoms with Crippen molar-refractivity contribution in [3.05, 3.63) is 58.7 Å². The number of aryl methyl sites for hydroxylation is 4. The molecule has 3 heteroatoms. The molecule has 0 nitrogen and oxygen atoms in total. The minimum atomic E-state index is 0. The molecule has 0 fully saturated rings. The molecule has 2 aromatic rings. The van der Waals surface area contributed by atoms with Crippen LogP contribution >= 0.6 is 0 Å². The molecule has 104 valence electrons. The van der Waals surface area contributed by atoms with Crippen molar-refractivity contribution in [3.63, 3.8) is 0 Å². The summed E-state index contributed by atoms with van der Waals surface area (Å²) < 4.78 is 0. The standard InChI is InChI=1S/2C8H11.2ClH.Zr/c2*1-3-8-5-4-7(2)6-8;;;/h2*4-6H,3H2,1-2H3;2*1H;/q2*-1;;;+4/p-2. The average molecular weight is 376 g/mol. The molecular formula is C16H22Cl2Zr. The second-order valence-electron chi connectivity index (χ2n) is 4.30. The van der Waals surface area contributed by atoms with Gasteiger partial charge in [0.25, 0.3) is 0 Å². The molecule has 0 unspecified atom stereocenters. The monoisotopic (exact) mass is 374 g/mol. The number of rotatable bonds is 2. The first-order valence-corrected chi connectivity index (χ1v) is 6.10. The van der Waals surface area contributed by atoms with Gasteiger partial charge in [-0.3, -0.25) is 0 Å². The van der Waals surface area contributed by atoms with Gasteiger partial charge in [0.2, 0.25) is 0 Å². The van der Waals surface area contributed by atoms with E-state index in [1.807, 2.05) is 0 Å². The van der Waals surface area contributed by atoms with Crippen LogP contribution in [0.25, 0.3) is 0 Å². The van der Waals surface area contributed by atoms with Gasteiger partial charge < -0.3 is 24.8 Å². The molecule has 0 N–H and O–H groups in total. The van der Waals surface area contributed by atoms with Crippen LogP contribution in [0.5, 0.6) is 0 Å². The molecule has 0 bridgehead atoms. The largest absolute Gasteiger partial charge is 4.00 e. The van der Waals surface area contributed by atoms with E-state index in [-0.39, 0.29) is 51.0 Å². The molecule has 0 heterocycles. The van der Waals surface area contributed by atoms with Crippen molar-refractivity contribution in [1.29, 1.82) is 0 Å². The van der Waals surface area contributed by atoms with E-state index in [4.69, 9.17) is 0 Å². The zero-order chi connectivity index (χ0) is 12.0. The smallest absolute Gasteiger partial charge is 1.00 e. The predicted octanol–water partition coefficient (Wildman–Crippen LogP) is -1.44. The van der Waals surface area contributed by atoms with Gasteiger partial charge in [0.1, 0.15) is 0 Å². The third kappa shape index (κ3) is 9.66. The van der Waals surface area contributed by atoms with Crippen LogP contribution < -0.4 is 24.8 Å². The first kappa shape index (κ1) is 24.2. The van der Waals surface area contributed by atoms with Crippen molar-refractivity contribution in [2.45, 2.75) is 40.5 Å². The molecule has 2 aromatic carbocycles. The summed E-state index contributed by atoms with van der Waals surface area (Å²) in [5.74, 6) is 0. The Morgan fingerprint density at radius 1 is 0.789 bits per heavy atom. The SMILES string of the molecule is CC[c-]1ccc(C)c1.CC[c-]1ccc(C)c1.[Cl-].[Cl-].[Zr+4]. The van der Waals surface area contributed by atoms with Crippen molar-refractivity contribution in [2.75, 3.05) is 0 Å². The summed E-state index contributed by atoms with van der Waals surface area (Å²) in [5, 5.41) is 0. The van der Waals surface area contributed by atoms with Gasteiger partial charge in [0, 0.05) is 0 Å². The van der Waals surface area contributed by atoms with E-state index in [9.17, 15) is 0 Å². The van der Waals surface area contributed by atoms with Crippen LogP contribution in [0.3, 0.4) is 0 Å². The van der Waals surface area contributed by atoms with Crippen molar-refractivity contribution in [3.8, 4) is 0 Å². The fourth-order valence-electron chi connectivity index (χ4n) is 1.69. The molecule has 0 atom stereocenters. The topological polar surface area (TPSA) is 0 Å². The molecule has 0 aromatic heterocycles. The van der Waals surface area contributed by atoms with Crippen LogP contribution in [0.2, 0.25) is 0 Å². The Hall–Kier alpha value is 0.163. The van der Waals surface area contributed by atoms with Gasteiger partial charge in [0.15, 0.2) is 0 Å². The normalized spacial score (nSPS) is 8.21. The van der Waals surface area contributed by atoms with Gasteiger partial charge in [-0.25, -0.2) is 23.3 Å². The van der Waals surface area contributed by atoms with E-state index >= 15 is 0 Å². The summed E-state index contributed by atoms with van der Waals surface area (Å²) in [5.41, 5.74) is 5.65. The molecule has 0 amide bonds. The second kappa shape index (κ2) is 13.2. The summed E-state index contributed by atoms with van der Waals surface area (Å²) in [4.78, 5) is 0. The van der Waals surface area contributed by atoms with Crippen LogP contribution in [0, 0.1) is 13.8 Å². The summed E-state index contributed by atoms with van der Waals surface area (Å²) >= 11 is 0. The van der Waals surface area contributed by atoms with Crippen LogP contribution in [0.4, 0.5) is 0 Å². The fraction of sp³-hybridized carbons (Fsp3) is 0.375. The van der Waals surface area contributed by atoms with Gasteiger partial charge in [0.05, 0.1) is 0 Å². The van der Waals surface area contributed by atoms with E-state index in [1.54, 1.807) is 0 Å². The maximum absolute atomic E-state index is 2.22. The van der Waals surface area contributed by atoms with Crippen LogP contribution in [0.15, 0.2) is 36.4 Å². The number of halogens is 2. The maximum Gasteiger partial charge on any atom is 4.00 e. The molecule has 0 radical (unpaired) electrons. The maximum atomic E-state index is 2.22. The number of hydrogen-bond donors (Lipinski definition) is 0. The minimum absolute atomic E-state index is 0. The second-order valence-corrected chi connectivity index (χ2v) is 4.30. The van der Waals surface area contributed by atoms with Gasteiger partial charge >= 0.3 is 26.2 Å². The predicted molar refractivity (Wildman–Crippen MR) is 72.3 cm³/mol. The van der Waals surface area contributed by atoms with Gasteiger partial charge in [-0.2, -0.15) is 35.4 Å². The van der Waals surface area contributed by atoms with Gasteiger partial charge in [-0.15, -0.1) is 0 Å². The first-order valence-electron chi connectivity index (χ1n) is 6.10. The molecule has 2 rings (SSSR count). The molecular weight excluding hydrogens is 354 g/mol. The Balaban J connectivity index is -0.000000233. The Labute approximate surface area is 149 Å². The van der Waals surface area contributed by atoms with E-state index in [0.29, 0.717) is 0 Å². The molecule has 0 aliphatic heterocycles. The quantitative estimate of drug-likeness (QED) is 0.564. The van der Waals surface area contributed by atoms with Crippen LogP contribution in [0.1, 0.15) is 36.1 Å². The minimum Gasteiger partial charge on any atom is -1.00 e. The third-order valence-electron chi connectivity index (χ3n) is 2.76. The Kier molecular flexibility index (Phi) is 16.8. The van der Waals surface area contributed by atoms with Crippen LogP contribution in [-0.2, 0) is 39.0 Å². The summed E-state index contributed by atoms with van der Waals surface area (Å²) in [6.45, 7) is 8.60. The summed E-state index contributed by atoms with van der Waals surface area (Å²) in [7, 11) is 0. The molecule has 0 aliphatic carbocycles. The van der Waals surface area contributed by atoms with E-state index < -0.39 is 0 Å². The average Bonchev–Trinajstić information content (AvgIpc) is 2.88. The van der Waals surface area contributed by atoms with E-state index in [1.165, 1.54) is 22.3 Å². The van der Waals surface area contributed by atoms with Crippen LogP contribution in [-0.4, -0.2) is 0 Å². The van der Waals surface area contributed by atoms with Gasteiger partial charge in [-0.05, 0) is 0 Å². The summed E-state index contributed by atoms with van der Waals surface area (Å²) in [6.07, 6.45) is 2.32. The number of hydrogen-bond acceptors (Lipinski definition) is 0. The Bertz CT molecular complexity index is 376. The van der Waals surface area contributed by atoms with E-state index in [0.717, 1.165) is 12.8 Å². The molecule has 0 spiro atoms. The van der Waals surface area contributed by atoms with Crippen molar-refractivity contribution < 1.29 is 51.0 Å². The molecule has 0 aliphatic rings. The first-order chi connectivity index (χ1) is 7.65. The van der Waals surface area contributed by atoms with Gasteiger partial charge in [-0.1, -0.05) is 40.5 Å². The van der Waals surface area contributed by atoms with Crippen molar-refractivity contribution in [1.82, 2.24) is 0 Å². The Morgan fingerprint density at radius 2 is 1.11 bits per heavy atom. The summed E-state index contributed by atoms with van der Waals surface area (Å²) in [6, 6.07) is 13.1. The fourth-order valence-corrected chi connectivity index (χ4v) is 1.69. The molecule has 0 saturated heterocycles. The zero-order valence-electron chi connectivity index (χ0n) is 12.1.